The quantitative estimate of drug-likeness (QED) is 0.839. The highest BCUT2D eigenvalue weighted by Gasteiger charge is 2.31. The van der Waals surface area contributed by atoms with E-state index in [0.717, 1.165) is 12.3 Å². The van der Waals surface area contributed by atoms with Gasteiger partial charge in [-0.25, -0.2) is 0 Å². The van der Waals surface area contributed by atoms with Gasteiger partial charge in [-0.05, 0) is 30.5 Å². The van der Waals surface area contributed by atoms with E-state index in [0.29, 0.717) is 18.1 Å². The first-order valence-corrected chi connectivity index (χ1v) is 7.00. The molecule has 3 rings (SSSR count). The van der Waals surface area contributed by atoms with Crippen molar-refractivity contribution in [3.63, 3.8) is 0 Å². The Balaban J connectivity index is 1.69. The largest absolute Gasteiger partial charge is 0.497 e. The van der Waals surface area contributed by atoms with Crippen LogP contribution in [-0.2, 0) is 0 Å². The van der Waals surface area contributed by atoms with Crippen LogP contribution >= 0.6 is 0 Å². The number of ether oxygens (including phenoxy) is 1. The van der Waals surface area contributed by atoms with Crippen LogP contribution in [0.1, 0.15) is 37.3 Å². The van der Waals surface area contributed by atoms with Crippen LogP contribution in [0.25, 0.3) is 0 Å². The van der Waals surface area contributed by atoms with Gasteiger partial charge in [0.25, 0.3) is 0 Å². The average Bonchev–Trinajstić information content (AvgIpc) is 2.47. The summed E-state index contributed by atoms with van der Waals surface area (Å²) in [4.78, 5) is 0. The molecule has 2 N–H and O–H groups in total. The molecule has 0 radical (unpaired) electrons. The van der Waals surface area contributed by atoms with E-state index in [4.69, 9.17) is 4.74 Å². The highest BCUT2D eigenvalue weighted by atomic mass is 16.5. The zero-order valence-electron chi connectivity index (χ0n) is 11.0. The Morgan fingerprint density at radius 2 is 1.78 bits per heavy atom. The molecule has 1 aromatic rings. The van der Waals surface area contributed by atoms with E-state index in [9.17, 15) is 0 Å². The zero-order valence-corrected chi connectivity index (χ0v) is 11.0. The predicted molar refractivity (Wildman–Crippen MR) is 72.9 cm³/mol. The molecular weight excluding hydrogens is 224 g/mol. The summed E-state index contributed by atoms with van der Waals surface area (Å²) in [6.45, 7) is 1.04. The summed E-state index contributed by atoms with van der Waals surface area (Å²) in [5, 5.41) is 7.51. The molecule has 3 heteroatoms. The molecule has 1 aliphatic carbocycles. The minimum atomic E-state index is 0.440. The second kappa shape index (κ2) is 5.29. The number of hydrogen-bond donors (Lipinski definition) is 2. The molecule has 0 amide bonds. The number of fused-ring (bicyclic) bond motifs is 1. The van der Waals surface area contributed by atoms with Crippen molar-refractivity contribution in [2.24, 2.45) is 0 Å². The van der Waals surface area contributed by atoms with Crippen molar-refractivity contribution in [2.45, 2.75) is 43.8 Å². The molecule has 1 saturated heterocycles. The number of methoxy groups -OCH3 is 1. The maximum absolute atomic E-state index is 5.21. The molecule has 18 heavy (non-hydrogen) atoms. The highest BCUT2D eigenvalue weighted by Crippen LogP contribution is 2.26. The molecule has 0 aromatic heterocycles. The number of nitrogens with one attached hydrogen (secondary N) is 2. The molecule has 98 valence electrons. The smallest absolute Gasteiger partial charge is 0.118 e. The normalized spacial score (nSPS) is 31.7. The van der Waals surface area contributed by atoms with E-state index in [1.165, 1.54) is 31.2 Å². The Hall–Kier alpha value is -1.06. The third-order valence-electron chi connectivity index (χ3n) is 4.28. The molecule has 1 aromatic carbocycles. The van der Waals surface area contributed by atoms with E-state index in [-0.39, 0.29) is 0 Å². The van der Waals surface area contributed by atoms with Crippen LogP contribution < -0.4 is 15.4 Å². The number of piperazine rings is 1. The molecule has 3 nitrogen and oxygen atoms in total. The van der Waals surface area contributed by atoms with E-state index in [1.54, 1.807) is 7.11 Å². The molecule has 0 unspecified atom stereocenters. The monoisotopic (exact) mass is 246 g/mol. The zero-order chi connectivity index (χ0) is 12.4. The summed E-state index contributed by atoms with van der Waals surface area (Å²) in [5.74, 6) is 0.929. The Labute approximate surface area is 109 Å². The minimum absolute atomic E-state index is 0.440. The molecule has 1 aliphatic heterocycles. The Kier molecular flexibility index (Phi) is 3.52. The highest BCUT2D eigenvalue weighted by molar-refractivity contribution is 5.29. The van der Waals surface area contributed by atoms with Crippen LogP contribution in [-0.4, -0.2) is 25.7 Å². The van der Waals surface area contributed by atoms with Crippen LogP contribution in [0.15, 0.2) is 24.3 Å². The Bertz CT molecular complexity index is 390. The molecule has 2 aliphatic rings. The predicted octanol–water partition coefficient (Wildman–Crippen LogP) is 2.24. The lowest BCUT2D eigenvalue weighted by molar-refractivity contribution is 0.213. The topological polar surface area (TPSA) is 33.3 Å². The molecule has 0 spiro atoms. The van der Waals surface area contributed by atoms with E-state index >= 15 is 0 Å². The lowest BCUT2D eigenvalue weighted by Crippen LogP contribution is -2.58. The fourth-order valence-electron chi connectivity index (χ4n) is 3.21. The van der Waals surface area contributed by atoms with Crippen molar-refractivity contribution in [1.29, 1.82) is 0 Å². The van der Waals surface area contributed by atoms with Crippen LogP contribution in [0.5, 0.6) is 5.75 Å². The van der Waals surface area contributed by atoms with Crippen molar-refractivity contribution in [3.8, 4) is 5.75 Å². The molecular formula is C15H22N2O. The lowest BCUT2D eigenvalue weighted by Gasteiger charge is -2.41. The summed E-state index contributed by atoms with van der Waals surface area (Å²) < 4.78 is 5.21. The van der Waals surface area contributed by atoms with Gasteiger partial charge in [0.2, 0.25) is 0 Å². The van der Waals surface area contributed by atoms with Gasteiger partial charge in [-0.15, -0.1) is 0 Å². The first-order valence-electron chi connectivity index (χ1n) is 7.00. The van der Waals surface area contributed by atoms with Crippen LogP contribution in [0, 0.1) is 0 Å². The average molecular weight is 246 g/mol. The van der Waals surface area contributed by atoms with Crippen LogP contribution in [0.2, 0.25) is 0 Å². The van der Waals surface area contributed by atoms with E-state index < -0.39 is 0 Å². The van der Waals surface area contributed by atoms with Crippen molar-refractivity contribution in [2.75, 3.05) is 13.7 Å². The van der Waals surface area contributed by atoms with Crippen LogP contribution in [0.3, 0.4) is 0 Å². The number of hydrogen-bond acceptors (Lipinski definition) is 3. The van der Waals surface area contributed by atoms with Gasteiger partial charge in [0, 0.05) is 24.7 Å². The molecule has 2 fully saturated rings. The third-order valence-corrected chi connectivity index (χ3v) is 4.28. The first kappa shape index (κ1) is 12.0. The summed E-state index contributed by atoms with van der Waals surface area (Å²) in [6.07, 6.45) is 5.38. The molecule has 1 saturated carbocycles. The SMILES string of the molecule is COc1ccc([C@@H]2CN[C@@H]3CCCC[C@@H]3N2)cc1. The van der Waals surface area contributed by atoms with Gasteiger partial charge in [-0.1, -0.05) is 25.0 Å². The minimum Gasteiger partial charge on any atom is -0.497 e. The summed E-state index contributed by atoms with van der Waals surface area (Å²) in [6, 6.07) is 10.2. The van der Waals surface area contributed by atoms with Gasteiger partial charge in [-0.3, -0.25) is 0 Å². The van der Waals surface area contributed by atoms with E-state index in [2.05, 4.69) is 22.8 Å². The van der Waals surface area contributed by atoms with Gasteiger partial charge in [0.05, 0.1) is 7.11 Å². The van der Waals surface area contributed by atoms with Crippen molar-refractivity contribution in [1.82, 2.24) is 10.6 Å². The summed E-state index contributed by atoms with van der Waals surface area (Å²) in [7, 11) is 1.71. The van der Waals surface area contributed by atoms with Crippen LogP contribution in [0.4, 0.5) is 0 Å². The second-order valence-electron chi connectivity index (χ2n) is 5.40. The second-order valence-corrected chi connectivity index (χ2v) is 5.40. The number of benzene rings is 1. The van der Waals surface area contributed by atoms with E-state index in [1.807, 2.05) is 12.1 Å². The fourth-order valence-corrected chi connectivity index (χ4v) is 3.21. The molecule has 3 atom stereocenters. The van der Waals surface area contributed by atoms with Crippen molar-refractivity contribution in [3.05, 3.63) is 29.8 Å². The van der Waals surface area contributed by atoms with Gasteiger partial charge in [-0.2, -0.15) is 0 Å². The standard InChI is InChI=1S/C15H22N2O/c1-18-12-8-6-11(7-9-12)15-10-16-13-4-2-3-5-14(13)17-15/h6-9,13-17H,2-5,10H2,1H3/t13-,14+,15+/m1/s1. The third kappa shape index (κ3) is 2.38. The fraction of sp³-hybridized carbons (Fsp3) is 0.600. The lowest BCUT2D eigenvalue weighted by atomic mass is 9.87. The van der Waals surface area contributed by atoms with Crippen molar-refractivity contribution < 1.29 is 4.74 Å². The molecule has 1 heterocycles. The summed E-state index contributed by atoms with van der Waals surface area (Å²) >= 11 is 0. The maximum Gasteiger partial charge on any atom is 0.118 e. The number of rotatable bonds is 2. The van der Waals surface area contributed by atoms with Gasteiger partial charge < -0.3 is 15.4 Å². The Morgan fingerprint density at radius 3 is 2.50 bits per heavy atom. The van der Waals surface area contributed by atoms with Gasteiger partial charge >= 0.3 is 0 Å². The van der Waals surface area contributed by atoms with Crippen molar-refractivity contribution >= 4 is 0 Å². The van der Waals surface area contributed by atoms with Gasteiger partial charge in [0.1, 0.15) is 5.75 Å². The first-order chi connectivity index (χ1) is 8.86. The Morgan fingerprint density at radius 1 is 1.06 bits per heavy atom. The maximum atomic E-state index is 5.21. The summed E-state index contributed by atoms with van der Waals surface area (Å²) in [5.41, 5.74) is 1.35. The molecule has 0 bridgehead atoms. The van der Waals surface area contributed by atoms with Gasteiger partial charge in [0.15, 0.2) is 0 Å².